The van der Waals surface area contributed by atoms with Crippen molar-refractivity contribution in [3.63, 3.8) is 0 Å². The number of hydrogen-bond acceptors (Lipinski definition) is 4. The summed E-state index contributed by atoms with van der Waals surface area (Å²) >= 11 is 0. The molecule has 5 heteroatoms. The number of aliphatic hydroxyl groups is 1. The van der Waals surface area contributed by atoms with Crippen molar-refractivity contribution in [2.75, 3.05) is 7.11 Å². The first-order valence-corrected chi connectivity index (χ1v) is 6.84. The Balaban J connectivity index is 2.98. The van der Waals surface area contributed by atoms with Gasteiger partial charge in [-0.2, -0.15) is 0 Å². The first-order valence-electron chi connectivity index (χ1n) is 6.84. The number of carbonyl (C=O) groups excluding carboxylic acids is 2. The summed E-state index contributed by atoms with van der Waals surface area (Å²) in [7, 11) is 1.22. The normalized spacial score (nSPS) is 14.2. The fourth-order valence-corrected chi connectivity index (χ4v) is 1.99. The molecule has 116 valence electrons. The molecule has 1 aromatic carbocycles. The van der Waals surface area contributed by atoms with E-state index in [-0.39, 0.29) is 5.91 Å². The number of methoxy groups -OCH3 is 1. The van der Waals surface area contributed by atoms with E-state index in [1.54, 1.807) is 13.8 Å². The van der Waals surface area contributed by atoms with Crippen LogP contribution in [-0.2, 0) is 19.7 Å². The third-order valence-electron chi connectivity index (χ3n) is 3.53. The number of esters is 1. The molecule has 0 heterocycles. The van der Waals surface area contributed by atoms with Crippen LogP contribution in [0.5, 0.6) is 0 Å². The minimum Gasteiger partial charge on any atom is -0.467 e. The number of ether oxygens (including phenoxy) is 1. The lowest BCUT2D eigenvalue weighted by Crippen LogP contribution is -2.53. The van der Waals surface area contributed by atoms with Crippen molar-refractivity contribution in [2.24, 2.45) is 0 Å². The van der Waals surface area contributed by atoms with Gasteiger partial charge < -0.3 is 15.2 Å². The summed E-state index contributed by atoms with van der Waals surface area (Å²) < 4.78 is 4.60. The summed E-state index contributed by atoms with van der Waals surface area (Å²) in [5.41, 5.74) is 1.07. The summed E-state index contributed by atoms with van der Waals surface area (Å²) in [4.78, 5) is 24.1. The number of rotatable bonds is 5. The van der Waals surface area contributed by atoms with E-state index < -0.39 is 23.5 Å². The molecule has 0 aliphatic carbocycles. The highest BCUT2D eigenvalue weighted by Crippen LogP contribution is 2.24. The summed E-state index contributed by atoms with van der Waals surface area (Å²) in [6.45, 7) is 6.92. The van der Waals surface area contributed by atoms with Gasteiger partial charge in [0.15, 0.2) is 6.04 Å². The van der Waals surface area contributed by atoms with Gasteiger partial charge in [-0.1, -0.05) is 29.8 Å². The van der Waals surface area contributed by atoms with Gasteiger partial charge in [0.05, 0.1) is 18.6 Å². The standard InChI is InChI=1S/C16H23NO4/c1-10-7-6-8-12(9-10)16(3,4)15(20)17-13(11(2)18)14(19)21-5/h6-9,11,13,18H,1-5H3,(H,17,20). The molecule has 0 radical (unpaired) electrons. The fraction of sp³-hybridized carbons (Fsp3) is 0.500. The maximum absolute atomic E-state index is 12.5. The van der Waals surface area contributed by atoms with Crippen molar-refractivity contribution in [1.29, 1.82) is 0 Å². The average Bonchev–Trinajstić information content (AvgIpc) is 2.43. The molecule has 0 aliphatic heterocycles. The molecule has 21 heavy (non-hydrogen) atoms. The Bertz CT molecular complexity index is 523. The van der Waals surface area contributed by atoms with Crippen molar-refractivity contribution < 1.29 is 19.4 Å². The molecule has 5 nitrogen and oxygen atoms in total. The lowest BCUT2D eigenvalue weighted by atomic mass is 9.82. The molecule has 2 atom stereocenters. The van der Waals surface area contributed by atoms with Gasteiger partial charge in [-0.3, -0.25) is 4.79 Å². The highest BCUT2D eigenvalue weighted by Gasteiger charge is 2.35. The Kier molecular flexibility index (Phi) is 5.49. The summed E-state index contributed by atoms with van der Waals surface area (Å²) in [5, 5.41) is 12.2. The number of nitrogens with one attached hydrogen (secondary N) is 1. The second-order valence-electron chi connectivity index (χ2n) is 5.71. The van der Waals surface area contributed by atoms with Gasteiger partial charge in [-0.25, -0.2) is 4.79 Å². The molecule has 0 saturated heterocycles. The molecule has 1 amide bonds. The van der Waals surface area contributed by atoms with Gasteiger partial charge in [0.2, 0.25) is 5.91 Å². The third-order valence-corrected chi connectivity index (χ3v) is 3.53. The van der Waals surface area contributed by atoms with Crippen LogP contribution >= 0.6 is 0 Å². The quantitative estimate of drug-likeness (QED) is 0.803. The smallest absolute Gasteiger partial charge is 0.331 e. The molecule has 1 rings (SSSR count). The van der Waals surface area contributed by atoms with Crippen LogP contribution < -0.4 is 5.32 Å². The van der Waals surface area contributed by atoms with Crippen LogP contribution in [0.15, 0.2) is 24.3 Å². The van der Waals surface area contributed by atoms with Crippen LogP contribution in [0.25, 0.3) is 0 Å². The van der Waals surface area contributed by atoms with Crippen molar-refractivity contribution in [3.05, 3.63) is 35.4 Å². The average molecular weight is 293 g/mol. The van der Waals surface area contributed by atoms with Gasteiger partial charge in [-0.05, 0) is 33.3 Å². The Morgan fingerprint density at radius 2 is 1.95 bits per heavy atom. The van der Waals surface area contributed by atoms with Gasteiger partial charge in [-0.15, -0.1) is 0 Å². The molecule has 2 N–H and O–H groups in total. The monoisotopic (exact) mass is 293 g/mol. The van der Waals surface area contributed by atoms with Crippen LogP contribution in [0.3, 0.4) is 0 Å². The minimum absolute atomic E-state index is 0.343. The minimum atomic E-state index is -1.08. The van der Waals surface area contributed by atoms with E-state index in [1.165, 1.54) is 14.0 Å². The van der Waals surface area contributed by atoms with Crippen LogP contribution in [0.2, 0.25) is 0 Å². The molecule has 0 spiro atoms. The largest absolute Gasteiger partial charge is 0.467 e. The zero-order chi connectivity index (χ0) is 16.2. The Labute approximate surface area is 125 Å². The van der Waals surface area contributed by atoms with E-state index in [0.29, 0.717) is 0 Å². The van der Waals surface area contributed by atoms with Crippen molar-refractivity contribution in [3.8, 4) is 0 Å². The molecule has 1 aromatic rings. The number of aliphatic hydroxyl groups excluding tert-OH is 1. The number of carbonyl (C=O) groups is 2. The number of aryl methyl sites for hydroxylation is 1. The summed E-state index contributed by atoms with van der Waals surface area (Å²) in [6.07, 6.45) is -1.03. The number of hydrogen-bond donors (Lipinski definition) is 2. The van der Waals surface area contributed by atoms with Gasteiger partial charge in [0.1, 0.15) is 0 Å². The van der Waals surface area contributed by atoms with E-state index in [4.69, 9.17) is 0 Å². The second kappa shape index (κ2) is 6.72. The Morgan fingerprint density at radius 3 is 2.43 bits per heavy atom. The van der Waals surface area contributed by atoms with Crippen LogP contribution in [0.4, 0.5) is 0 Å². The summed E-state index contributed by atoms with van der Waals surface area (Å²) in [6, 6.07) is 6.54. The van der Waals surface area contributed by atoms with Crippen molar-refractivity contribution in [1.82, 2.24) is 5.32 Å². The van der Waals surface area contributed by atoms with Gasteiger partial charge in [0.25, 0.3) is 0 Å². The van der Waals surface area contributed by atoms with Crippen LogP contribution in [0, 0.1) is 6.92 Å². The molecular weight excluding hydrogens is 270 g/mol. The third kappa shape index (κ3) is 4.04. The lowest BCUT2D eigenvalue weighted by Gasteiger charge is -2.28. The zero-order valence-corrected chi connectivity index (χ0v) is 13.1. The maximum Gasteiger partial charge on any atom is 0.331 e. The Morgan fingerprint density at radius 1 is 1.33 bits per heavy atom. The first-order chi connectivity index (χ1) is 9.70. The van der Waals surface area contributed by atoms with Crippen LogP contribution in [0.1, 0.15) is 31.9 Å². The molecule has 0 fully saturated rings. The summed E-state index contributed by atoms with van der Waals surface area (Å²) in [5.74, 6) is -1.01. The number of amides is 1. The number of benzene rings is 1. The van der Waals surface area contributed by atoms with Crippen molar-refractivity contribution in [2.45, 2.75) is 45.3 Å². The molecule has 2 unspecified atom stereocenters. The van der Waals surface area contributed by atoms with E-state index in [9.17, 15) is 14.7 Å². The van der Waals surface area contributed by atoms with E-state index >= 15 is 0 Å². The Hall–Kier alpha value is -1.88. The van der Waals surface area contributed by atoms with Gasteiger partial charge in [0, 0.05) is 0 Å². The lowest BCUT2D eigenvalue weighted by molar-refractivity contribution is -0.148. The predicted molar refractivity (Wildman–Crippen MR) is 79.8 cm³/mol. The SMILES string of the molecule is COC(=O)C(NC(=O)C(C)(C)c1cccc(C)c1)C(C)O. The maximum atomic E-state index is 12.5. The topological polar surface area (TPSA) is 75.6 Å². The van der Waals surface area contributed by atoms with E-state index in [2.05, 4.69) is 10.1 Å². The molecule has 0 bridgehead atoms. The zero-order valence-electron chi connectivity index (χ0n) is 13.1. The second-order valence-corrected chi connectivity index (χ2v) is 5.71. The molecule has 0 aromatic heterocycles. The van der Waals surface area contributed by atoms with Crippen molar-refractivity contribution >= 4 is 11.9 Å². The highest BCUT2D eigenvalue weighted by molar-refractivity contribution is 5.91. The first kappa shape index (κ1) is 17.2. The highest BCUT2D eigenvalue weighted by atomic mass is 16.5. The van der Waals surface area contributed by atoms with E-state index in [1.807, 2.05) is 31.2 Å². The van der Waals surface area contributed by atoms with Crippen LogP contribution in [-0.4, -0.2) is 36.2 Å². The van der Waals surface area contributed by atoms with Gasteiger partial charge >= 0.3 is 5.97 Å². The molecular formula is C16H23NO4. The van der Waals surface area contributed by atoms with E-state index in [0.717, 1.165) is 11.1 Å². The fourth-order valence-electron chi connectivity index (χ4n) is 1.99. The molecule has 0 saturated carbocycles. The molecule has 0 aliphatic rings. The predicted octanol–water partition coefficient (Wildman–Crippen LogP) is 1.31.